The van der Waals surface area contributed by atoms with Crippen molar-refractivity contribution in [2.45, 2.75) is 19.1 Å². The summed E-state index contributed by atoms with van der Waals surface area (Å²) in [7, 11) is 0. The fraction of sp³-hybridized carbons (Fsp3) is 0.103. The standard InChI is InChI=1S/C29H14F10O6/c30-20-11-16(3-5-18(20)14-1-7-24(22(32)9-14)44-28(34,35)36)42-26(40)13-27(41)43-17-4-6-19(21(31)12-17)15-2-8-25(23(33)10-15)45-29(37,38)39/h1-12H,13H2. The predicted octanol–water partition coefficient (Wildman–Crippen LogP) is 8.28. The molecule has 0 atom stereocenters. The van der Waals surface area contributed by atoms with Crippen molar-refractivity contribution in [2.24, 2.45) is 0 Å². The number of benzene rings is 4. The second-order valence-corrected chi connectivity index (χ2v) is 8.79. The Morgan fingerprint density at radius 1 is 0.511 bits per heavy atom. The van der Waals surface area contributed by atoms with Crippen molar-refractivity contribution in [2.75, 3.05) is 0 Å². The van der Waals surface area contributed by atoms with Gasteiger partial charge in [0.15, 0.2) is 23.1 Å². The molecule has 0 aliphatic rings. The third-order valence-corrected chi connectivity index (χ3v) is 5.57. The molecule has 0 bridgehead atoms. The van der Waals surface area contributed by atoms with Gasteiger partial charge in [-0.2, -0.15) is 0 Å². The van der Waals surface area contributed by atoms with Crippen LogP contribution in [0.1, 0.15) is 6.42 Å². The molecule has 4 aromatic carbocycles. The van der Waals surface area contributed by atoms with E-state index < -0.39 is 77.4 Å². The predicted molar refractivity (Wildman–Crippen MR) is 133 cm³/mol. The fourth-order valence-electron chi connectivity index (χ4n) is 3.79. The molecule has 0 unspecified atom stereocenters. The molecule has 0 spiro atoms. The first-order chi connectivity index (χ1) is 21.0. The smallest absolute Gasteiger partial charge is 0.426 e. The first-order valence-corrected chi connectivity index (χ1v) is 12.1. The fourth-order valence-corrected chi connectivity index (χ4v) is 3.79. The second-order valence-electron chi connectivity index (χ2n) is 8.79. The maximum Gasteiger partial charge on any atom is 0.573 e. The number of ether oxygens (including phenoxy) is 4. The molecule has 0 fully saturated rings. The van der Waals surface area contributed by atoms with Crippen molar-refractivity contribution >= 4 is 11.9 Å². The number of hydrogen-bond acceptors (Lipinski definition) is 6. The van der Waals surface area contributed by atoms with E-state index in [0.29, 0.717) is 36.4 Å². The van der Waals surface area contributed by atoms with Crippen molar-refractivity contribution in [3.05, 3.63) is 96.1 Å². The third-order valence-electron chi connectivity index (χ3n) is 5.57. The summed E-state index contributed by atoms with van der Waals surface area (Å²) in [5.41, 5.74) is -0.885. The molecule has 236 valence electrons. The summed E-state index contributed by atoms with van der Waals surface area (Å²) in [4.78, 5) is 24.3. The Morgan fingerprint density at radius 3 is 1.20 bits per heavy atom. The minimum atomic E-state index is -5.15. The molecule has 0 aromatic heterocycles. The molecule has 45 heavy (non-hydrogen) atoms. The Kier molecular flexibility index (Phi) is 9.25. The lowest BCUT2D eigenvalue weighted by Crippen LogP contribution is -2.18. The van der Waals surface area contributed by atoms with Crippen LogP contribution in [0.2, 0.25) is 0 Å². The Labute approximate surface area is 245 Å². The minimum Gasteiger partial charge on any atom is -0.426 e. The van der Waals surface area contributed by atoms with E-state index in [9.17, 15) is 53.5 Å². The van der Waals surface area contributed by atoms with Crippen LogP contribution in [-0.4, -0.2) is 24.7 Å². The van der Waals surface area contributed by atoms with Gasteiger partial charge in [-0.25, -0.2) is 17.6 Å². The van der Waals surface area contributed by atoms with E-state index in [4.69, 9.17) is 9.47 Å². The molecule has 0 saturated carbocycles. The van der Waals surface area contributed by atoms with E-state index in [0.717, 1.165) is 36.4 Å². The van der Waals surface area contributed by atoms with E-state index in [1.807, 2.05) is 0 Å². The van der Waals surface area contributed by atoms with Crippen LogP contribution in [0.5, 0.6) is 23.0 Å². The molecule has 0 heterocycles. The zero-order valence-corrected chi connectivity index (χ0v) is 21.9. The second kappa shape index (κ2) is 12.8. The van der Waals surface area contributed by atoms with E-state index in [2.05, 4.69) is 9.47 Å². The molecule has 16 heteroatoms. The van der Waals surface area contributed by atoms with Crippen LogP contribution in [-0.2, 0) is 9.59 Å². The summed E-state index contributed by atoms with van der Waals surface area (Å²) < 4.78 is 148. The lowest BCUT2D eigenvalue weighted by molar-refractivity contribution is -0.276. The van der Waals surface area contributed by atoms with Gasteiger partial charge in [0.25, 0.3) is 0 Å². The Bertz CT molecular complexity index is 1620. The van der Waals surface area contributed by atoms with Crippen LogP contribution < -0.4 is 18.9 Å². The summed E-state index contributed by atoms with van der Waals surface area (Å²) in [6.45, 7) is 0. The molecule has 6 nitrogen and oxygen atoms in total. The van der Waals surface area contributed by atoms with E-state index in [1.54, 1.807) is 0 Å². The normalized spacial score (nSPS) is 11.6. The average Bonchev–Trinajstić information content (AvgIpc) is 2.90. The zero-order valence-electron chi connectivity index (χ0n) is 21.9. The van der Waals surface area contributed by atoms with Gasteiger partial charge in [-0.3, -0.25) is 9.59 Å². The lowest BCUT2D eigenvalue weighted by Gasteiger charge is -2.12. The number of halogens is 10. The van der Waals surface area contributed by atoms with Crippen LogP contribution in [0.3, 0.4) is 0 Å². The Balaban J connectivity index is 1.36. The number of rotatable bonds is 8. The maximum atomic E-state index is 14.6. The number of hydrogen-bond donors (Lipinski definition) is 0. The van der Waals surface area contributed by atoms with Crippen LogP contribution in [0, 0.1) is 23.3 Å². The molecule has 0 saturated heterocycles. The molecule has 0 radical (unpaired) electrons. The summed E-state index contributed by atoms with van der Waals surface area (Å²) in [5, 5.41) is 0. The molecule has 0 N–H and O–H groups in total. The first kappa shape index (κ1) is 32.6. The average molecular weight is 648 g/mol. The Morgan fingerprint density at radius 2 is 0.889 bits per heavy atom. The van der Waals surface area contributed by atoms with Crippen molar-refractivity contribution < 1.29 is 72.4 Å². The highest BCUT2D eigenvalue weighted by atomic mass is 19.4. The summed E-state index contributed by atoms with van der Waals surface area (Å²) in [6, 6.07) is 9.94. The van der Waals surface area contributed by atoms with Gasteiger partial charge in [0, 0.05) is 23.3 Å². The van der Waals surface area contributed by atoms with E-state index >= 15 is 0 Å². The highest BCUT2D eigenvalue weighted by molar-refractivity contribution is 5.93. The van der Waals surface area contributed by atoms with Gasteiger partial charge in [-0.05, 0) is 59.7 Å². The van der Waals surface area contributed by atoms with Crippen LogP contribution >= 0.6 is 0 Å². The van der Waals surface area contributed by atoms with Crippen molar-refractivity contribution in [1.82, 2.24) is 0 Å². The molecular weight excluding hydrogens is 634 g/mol. The van der Waals surface area contributed by atoms with Gasteiger partial charge in [-0.1, -0.05) is 12.1 Å². The minimum absolute atomic E-state index is 0.170. The van der Waals surface area contributed by atoms with Gasteiger partial charge in [0.1, 0.15) is 29.6 Å². The van der Waals surface area contributed by atoms with Crippen molar-refractivity contribution in [3.8, 4) is 45.3 Å². The lowest BCUT2D eigenvalue weighted by atomic mass is 10.0. The van der Waals surface area contributed by atoms with Crippen molar-refractivity contribution in [1.29, 1.82) is 0 Å². The number of carbonyl (C=O) groups excluding carboxylic acids is 2. The summed E-state index contributed by atoms with van der Waals surface area (Å²) >= 11 is 0. The van der Waals surface area contributed by atoms with Gasteiger partial charge in [-0.15, -0.1) is 26.3 Å². The van der Waals surface area contributed by atoms with E-state index in [1.165, 1.54) is 0 Å². The molecule has 4 aromatic rings. The van der Waals surface area contributed by atoms with Gasteiger partial charge < -0.3 is 18.9 Å². The quantitative estimate of drug-likeness (QED) is 0.0830. The van der Waals surface area contributed by atoms with Crippen LogP contribution in [0.15, 0.2) is 72.8 Å². The van der Waals surface area contributed by atoms with Gasteiger partial charge >= 0.3 is 24.7 Å². The largest absolute Gasteiger partial charge is 0.573 e. The number of carbonyl (C=O) groups is 2. The zero-order chi connectivity index (χ0) is 33.1. The molecular formula is C29H14F10O6. The molecule has 0 amide bonds. The van der Waals surface area contributed by atoms with E-state index in [-0.39, 0.29) is 22.3 Å². The maximum absolute atomic E-state index is 14.6. The summed E-state index contributed by atoms with van der Waals surface area (Å²) in [6.07, 6.45) is -11.3. The highest BCUT2D eigenvalue weighted by Crippen LogP contribution is 2.33. The molecule has 4 rings (SSSR count). The SMILES string of the molecule is O=C(CC(=O)Oc1ccc(-c2ccc(OC(F)(F)F)c(F)c2)c(F)c1)Oc1ccc(-c2ccc(OC(F)(F)F)c(F)c2)c(F)c1. The monoisotopic (exact) mass is 648 g/mol. The highest BCUT2D eigenvalue weighted by Gasteiger charge is 2.33. The molecule has 0 aliphatic carbocycles. The van der Waals surface area contributed by atoms with Gasteiger partial charge in [0.2, 0.25) is 0 Å². The van der Waals surface area contributed by atoms with Crippen LogP contribution in [0.25, 0.3) is 22.3 Å². The topological polar surface area (TPSA) is 71.1 Å². The Hall–Kier alpha value is -5.28. The summed E-state index contributed by atoms with van der Waals surface area (Å²) in [5.74, 6) is -10.5. The third kappa shape index (κ3) is 8.87. The van der Waals surface area contributed by atoms with Crippen LogP contribution in [0.4, 0.5) is 43.9 Å². The molecule has 0 aliphatic heterocycles. The van der Waals surface area contributed by atoms with Gasteiger partial charge in [0.05, 0.1) is 0 Å². The first-order valence-electron chi connectivity index (χ1n) is 12.1. The number of esters is 2. The van der Waals surface area contributed by atoms with Crippen molar-refractivity contribution in [3.63, 3.8) is 0 Å². The number of alkyl halides is 6.